The summed E-state index contributed by atoms with van der Waals surface area (Å²) in [6.07, 6.45) is -5.34. The third kappa shape index (κ3) is 4.04. The smallest absolute Gasteiger partial charge is 0.415 e. The van der Waals surface area contributed by atoms with E-state index in [4.69, 9.17) is 15.6 Å². The third-order valence-corrected chi connectivity index (χ3v) is 4.13. The summed E-state index contributed by atoms with van der Waals surface area (Å²) in [6.45, 7) is 0.705. The molecule has 0 unspecified atom stereocenters. The number of piperidine rings is 1. The van der Waals surface area contributed by atoms with Crippen molar-refractivity contribution in [1.82, 2.24) is 4.90 Å². The maximum atomic E-state index is 12.4. The van der Waals surface area contributed by atoms with Crippen LogP contribution in [0.2, 0.25) is 0 Å². The van der Waals surface area contributed by atoms with Gasteiger partial charge in [0, 0.05) is 6.54 Å². The molecule has 0 bridgehead atoms. The number of aliphatic hydroxyl groups excluding tert-OH is 1. The van der Waals surface area contributed by atoms with Crippen LogP contribution in [-0.4, -0.2) is 49.0 Å². The van der Waals surface area contributed by atoms with Gasteiger partial charge in [-0.25, -0.2) is 0 Å². The number of nitrogens with zero attached hydrogens (tertiary/aromatic N) is 1. The number of halogens is 3. The fourth-order valence-corrected chi connectivity index (χ4v) is 2.78. The van der Waals surface area contributed by atoms with Crippen molar-refractivity contribution in [3.05, 3.63) is 23.8 Å². The lowest BCUT2D eigenvalue weighted by molar-refractivity contribution is -0.208. The molecule has 1 aliphatic heterocycles. The SMILES string of the molecule is COc1cc(C2CCN(C[C@H](O)C(F)(F)F)CC2)ccc1N. The lowest BCUT2D eigenvalue weighted by Gasteiger charge is -2.33. The summed E-state index contributed by atoms with van der Waals surface area (Å²) in [5.74, 6) is 0.890. The molecule has 0 aromatic heterocycles. The largest absolute Gasteiger partial charge is 0.495 e. The summed E-state index contributed by atoms with van der Waals surface area (Å²) in [7, 11) is 1.55. The zero-order valence-corrected chi connectivity index (χ0v) is 12.4. The first-order valence-electron chi connectivity index (χ1n) is 7.22. The van der Waals surface area contributed by atoms with Gasteiger partial charge in [-0.15, -0.1) is 0 Å². The van der Waals surface area contributed by atoms with E-state index in [1.54, 1.807) is 18.1 Å². The monoisotopic (exact) mass is 318 g/mol. The number of hydrogen-bond acceptors (Lipinski definition) is 4. The molecule has 0 radical (unpaired) electrons. The number of β-amino-alcohol motifs (C(OH)–C–C–N with tert-alkyl or cyclic N) is 1. The van der Waals surface area contributed by atoms with Crippen molar-refractivity contribution in [2.75, 3.05) is 32.5 Å². The van der Waals surface area contributed by atoms with Crippen LogP contribution in [0.5, 0.6) is 5.75 Å². The number of likely N-dealkylation sites (tertiary alicyclic amines) is 1. The zero-order valence-electron chi connectivity index (χ0n) is 12.4. The van der Waals surface area contributed by atoms with E-state index in [1.807, 2.05) is 12.1 Å². The minimum absolute atomic E-state index is 0.272. The van der Waals surface area contributed by atoms with Gasteiger partial charge in [0.15, 0.2) is 6.10 Å². The first kappa shape index (κ1) is 16.9. The number of nitrogen functional groups attached to an aromatic ring is 1. The standard InChI is InChI=1S/C15H21F3N2O2/c1-22-13-8-11(2-3-12(13)19)10-4-6-20(7-5-10)9-14(21)15(16,17)18/h2-3,8,10,14,21H,4-7,9,19H2,1H3/t14-/m0/s1. The molecular formula is C15H21F3N2O2. The Labute approximate surface area is 127 Å². The lowest BCUT2D eigenvalue weighted by Crippen LogP contribution is -2.43. The number of alkyl halides is 3. The molecule has 1 atom stereocenters. The van der Waals surface area contributed by atoms with Crippen LogP contribution in [0.3, 0.4) is 0 Å². The van der Waals surface area contributed by atoms with E-state index in [9.17, 15) is 13.2 Å². The first-order chi connectivity index (χ1) is 10.3. The van der Waals surface area contributed by atoms with Crippen molar-refractivity contribution < 1.29 is 23.0 Å². The van der Waals surface area contributed by atoms with E-state index >= 15 is 0 Å². The molecule has 1 heterocycles. The molecule has 0 aliphatic carbocycles. The topological polar surface area (TPSA) is 58.7 Å². The van der Waals surface area contributed by atoms with Crippen molar-refractivity contribution in [1.29, 1.82) is 0 Å². The molecule has 22 heavy (non-hydrogen) atoms. The number of ether oxygens (including phenoxy) is 1. The Morgan fingerprint density at radius 1 is 1.36 bits per heavy atom. The second-order valence-electron chi connectivity index (χ2n) is 5.63. The van der Waals surface area contributed by atoms with Gasteiger partial charge in [-0.05, 0) is 49.5 Å². The van der Waals surface area contributed by atoms with E-state index in [2.05, 4.69) is 0 Å². The van der Waals surface area contributed by atoms with Gasteiger partial charge < -0.3 is 20.5 Å². The second kappa shape index (κ2) is 6.75. The Morgan fingerprint density at radius 2 is 2.00 bits per heavy atom. The van der Waals surface area contributed by atoms with E-state index in [0.717, 1.165) is 18.4 Å². The maximum absolute atomic E-state index is 12.4. The first-order valence-corrected chi connectivity index (χ1v) is 7.22. The number of anilines is 1. The molecule has 1 aromatic carbocycles. The fourth-order valence-electron chi connectivity index (χ4n) is 2.78. The molecular weight excluding hydrogens is 297 g/mol. The summed E-state index contributed by atoms with van der Waals surface area (Å²) in [5, 5.41) is 9.12. The van der Waals surface area contributed by atoms with Crippen LogP contribution in [0.25, 0.3) is 0 Å². The van der Waals surface area contributed by atoms with Crippen molar-refractivity contribution in [2.45, 2.75) is 31.0 Å². The highest BCUT2D eigenvalue weighted by Crippen LogP contribution is 2.33. The van der Waals surface area contributed by atoms with Crippen molar-refractivity contribution in [3.63, 3.8) is 0 Å². The van der Waals surface area contributed by atoms with Crippen molar-refractivity contribution in [2.24, 2.45) is 0 Å². The highest BCUT2D eigenvalue weighted by Gasteiger charge is 2.39. The molecule has 4 nitrogen and oxygen atoms in total. The molecule has 124 valence electrons. The zero-order chi connectivity index (χ0) is 16.3. The van der Waals surface area contributed by atoms with Crippen molar-refractivity contribution >= 4 is 5.69 Å². The van der Waals surface area contributed by atoms with Gasteiger partial charge in [-0.2, -0.15) is 13.2 Å². The van der Waals surface area contributed by atoms with Gasteiger partial charge >= 0.3 is 6.18 Å². The number of nitrogens with two attached hydrogens (primary N) is 1. The highest BCUT2D eigenvalue weighted by molar-refractivity contribution is 5.54. The number of hydrogen-bond donors (Lipinski definition) is 2. The summed E-state index contributed by atoms with van der Waals surface area (Å²) in [5.41, 5.74) is 7.43. The predicted molar refractivity (Wildman–Crippen MR) is 77.9 cm³/mol. The van der Waals surface area contributed by atoms with Crippen LogP contribution in [0.4, 0.5) is 18.9 Å². The van der Waals surface area contributed by atoms with Crippen LogP contribution >= 0.6 is 0 Å². The Morgan fingerprint density at radius 3 is 2.55 bits per heavy atom. The van der Waals surface area contributed by atoms with Crippen molar-refractivity contribution in [3.8, 4) is 5.75 Å². The van der Waals surface area contributed by atoms with E-state index < -0.39 is 12.3 Å². The molecule has 1 saturated heterocycles. The van der Waals surface area contributed by atoms with E-state index in [-0.39, 0.29) is 12.5 Å². The average molecular weight is 318 g/mol. The van der Waals surface area contributed by atoms with Crippen LogP contribution in [0.15, 0.2) is 18.2 Å². The van der Waals surface area contributed by atoms with Crippen LogP contribution in [0, 0.1) is 0 Å². The summed E-state index contributed by atoms with van der Waals surface area (Å²) < 4.78 is 42.3. The van der Waals surface area contributed by atoms with Crippen LogP contribution in [0.1, 0.15) is 24.3 Å². The summed E-state index contributed by atoms with van der Waals surface area (Å²) >= 11 is 0. The normalized spacial score (nSPS) is 19.1. The molecule has 2 rings (SSSR count). The molecule has 0 amide bonds. The fraction of sp³-hybridized carbons (Fsp3) is 0.600. The Kier molecular flexibility index (Phi) is 5.18. The van der Waals surface area contributed by atoms with E-state index in [1.165, 1.54) is 0 Å². The highest BCUT2D eigenvalue weighted by atomic mass is 19.4. The quantitative estimate of drug-likeness (QED) is 0.837. The second-order valence-corrected chi connectivity index (χ2v) is 5.63. The Balaban J connectivity index is 1.92. The molecule has 1 fully saturated rings. The molecule has 0 spiro atoms. The van der Waals surface area contributed by atoms with Crippen LogP contribution in [-0.2, 0) is 0 Å². The minimum atomic E-state index is -4.55. The van der Waals surface area contributed by atoms with Gasteiger partial charge in [0.25, 0.3) is 0 Å². The van der Waals surface area contributed by atoms with Gasteiger partial charge in [0.05, 0.1) is 12.8 Å². The molecule has 1 aliphatic rings. The average Bonchev–Trinajstić information content (AvgIpc) is 2.47. The van der Waals surface area contributed by atoms with Gasteiger partial charge in [0.2, 0.25) is 0 Å². The Bertz CT molecular complexity index is 500. The maximum Gasteiger partial charge on any atom is 0.415 e. The summed E-state index contributed by atoms with van der Waals surface area (Å²) in [4.78, 5) is 1.66. The molecule has 1 aromatic rings. The van der Waals surface area contributed by atoms with Gasteiger partial charge in [0.1, 0.15) is 5.75 Å². The summed E-state index contributed by atoms with van der Waals surface area (Å²) in [6, 6.07) is 5.61. The number of aliphatic hydroxyl groups is 1. The van der Waals surface area contributed by atoms with E-state index in [0.29, 0.717) is 24.5 Å². The third-order valence-electron chi connectivity index (χ3n) is 4.13. The number of benzene rings is 1. The molecule has 3 N–H and O–H groups in total. The molecule has 7 heteroatoms. The lowest BCUT2D eigenvalue weighted by atomic mass is 9.89. The molecule has 0 saturated carbocycles. The van der Waals surface area contributed by atoms with Gasteiger partial charge in [-0.3, -0.25) is 0 Å². The number of methoxy groups -OCH3 is 1. The number of rotatable bonds is 4. The minimum Gasteiger partial charge on any atom is -0.495 e. The van der Waals surface area contributed by atoms with Crippen LogP contribution < -0.4 is 10.5 Å². The Hall–Kier alpha value is -1.47. The predicted octanol–water partition coefficient (Wildman–Crippen LogP) is 2.38. The van der Waals surface area contributed by atoms with Gasteiger partial charge in [-0.1, -0.05) is 6.07 Å².